The number of hydrogen-bond donors (Lipinski definition) is 1. The summed E-state index contributed by atoms with van der Waals surface area (Å²) in [6, 6.07) is 13.0. The highest BCUT2D eigenvalue weighted by molar-refractivity contribution is 7.99. The molecule has 2 heterocycles. The third kappa shape index (κ3) is 5.10. The average molecular weight is 484 g/mol. The first-order chi connectivity index (χ1) is 16.1. The molecule has 0 saturated carbocycles. The van der Waals surface area contributed by atoms with Gasteiger partial charge in [0.1, 0.15) is 23.6 Å². The van der Waals surface area contributed by atoms with Crippen LogP contribution in [0.3, 0.4) is 0 Å². The first kappa shape index (κ1) is 22.6. The van der Waals surface area contributed by atoms with Crippen LogP contribution in [0.15, 0.2) is 59.3 Å². The first-order valence-electron chi connectivity index (χ1n) is 9.77. The minimum atomic E-state index is -0.197. The SMILES string of the molecule is COc1ccc(-c2csc(NC(=O)CSc3nncn3-c3ccccc3OC)n2)c(OC)c1. The lowest BCUT2D eigenvalue weighted by atomic mass is 10.1. The molecule has 0 unspecified atom stereocenters. The van der Waals surface area contributed by atoms with Gasteiger partial charge in [0.15, 0.2) is 10.3 Å². The zero-order valence-corrected chi connectivity index (χ0v) is 19.8. The molecule has 2 aromatic carbocycles. The van der Waals surface area contributed by atoms with Gasteiger partial charge < -0.3 is 19.5 Å². The molecular weight excluding hydrogens is 462 g/mol. The standard InChI is InChI=1S/C22H21N5O4S2/c1-29-14-8-9-15(19(10-14)31-3)16-11-32-21(24-16)25-20(28)12-33-22-26-23-13-27(22)17-6-4-5-7-18(17)30-2/h4-11,13H,12H2,1-3H3,(H,24,25,28). The van der Waals surface area contributed by atoms with Gasteiger partial charge in [0.05, 0.1) is 38.5 Å². The van der Waals surface area contributed by atoms with Crippen molar-refractivity contribution in [2.24, 2.45) is 0 Å². The molecule has 2 aromatic heterocycles. The fourth-order valence-corrected chi connectivity index (χ4v) is 4.52. The zero-order chi connectivity index (χ0) is 23.2. The molecule has 9 nitrogen and oxygen atoms in total. The van der Waals surface area contributed by atoms with E-state index in [0.29, 0.717) is 33.2 Å². The van der Waals surface area contributed by atoms with Crippen LogP contribution < -0.4 is 19.5 Å². The number of nitrogens with zero attached hydrogens (tertiary/aromatic N) is 4. The van der Waals surface area contributed by atoms with Crippen LogP contribution in [0.25, 0.3) is 16.9 Å². The molecular formula is C22H21N5O4S2. The number of rotatable bonds is 9. The third-order valence-electron chi connectivity index (χ3n) is 4.63. The molecule has 33 heavy (non-hydrogen) atoms. The summed E-state index contributed by atoms with van der Waals surface area (Å²) in [6.45, 7) is 0. The van der Waals surface area contributed by atoms with E-state index >= 15 is 0 Å². The highest BCUT2D eigenvalue weighted by atomic mass is 32.2. The maximum atomic E-state index is 12.5. The largest absolute Gasteiger partial charge is 0.497 e. The van der Waals surface area contributed by atoms with Gasteiger partial charge in [-0.05, 0) is 24.3 Å². The van der Waals surface area contributed by atoms with Crippen LogP contribution in [0.2, 0.25) is 0 Å². The Morgan fingerprint density at radius 1 is 1.09 bits per heavy atom. The third-order valence-corrected chi connectivity index (χ3v) is 6.33. The Kier molecular flexibility index (Phi) is 7.10. The molecule has 0 aliphatic carbocycles. The lowest BCUT2D eigenvalue weighted by molar-refractivity contribution is -0.113. The molecule has 0 aliphatic heterocycles. The Bertz CT molecular complexity index is 1260. The molecule has 1 amide bonds. The molecule has 0 radical (unpaired) electrons. The van der Waals surface area contributed by atoms with Crippen LogP contribution in [0, 0.1) is 0 Å². The van der Waals surface area contributed by atoms with Crippen LogP contribution >= 0.6 is 23.1 Å². The minimum Gasteiger partial charge on any atom is -0.497 e. The number of ether oxygens (including phenoxy) is 3. The first-order valence-corrected chi connectivity index (χ1v) is 11.6. The van der Waals surface area contributed by atoms with Crippen LogP contribution in [0.1, 0.15) is 0 Å². The predicted molar refractivity (Wildman–Crippen MR) is 128 cm³/mol. The van der Waals surface area contributed by atoms with E-state index in [0.717, 1.165) is 11.3 Å². The van der Waals surface area contributed by atoms with Crippen molar-refractivity contribution >= 4 is 34.1 Å². The molecule has 0 bridgehead atoms. The van der Waals surface area contributed by atoms with Crippen molar-refractivity contribution in [1.82, 2.24) is 19.7 Å². The van der Waals surface area contributed by atoms with E-state index in [1.807, 2.05) is 41.8 Å². The van der Waals surface area contributed by atoms with Crippen LogP contribution in [0.4, 0.5) is 5.13 Å². The second kappa shape index (κ2) is 10.4. The van der Waals surface area contributed by atoms with E-state index < -0.39 is 0 Å². The lowest BCUT2D eigenvalue weighted by Crippen LogP contribution is -2.14. The Balaban J connectivity index is 1.42. The van der Waals surface area contributed by atoms with Crippen LogP contribution in [-0.4, -0.2) is 52.7 Å². The number of methoxy groups -OCH3 is 3. The smallest absolute Gasteiger partial charge is 0.236 e. The van der Waals surface area contributed by atoms with Gasteiger partial charge in [-0.3, -0.25) is 9.36 Å². The summed E-state index contributed by atoms with van der Waals surface area (Å²) in [4.78, 5) is 17.1. The molecule has 0 atom stereocenters. The van der Waals surface area contributed by atoms with Gasteiger partial charge in [-0.2, -0.15) is 0 Å². The average Bonchev–Trinajstić information content (AvgIpc) is 3.51. The monoisotopic (exact) mass is 483 g/mol. The number of amides is 1. The maximum Gasteiger partial charge on any atom is 0.236 e. The molecule has 0 spiro atoms. The van der Waals surface area contributed by atoms with Gasteiger partial charge in [0.2, 0.25) is 5.91 Å². The van der Waals surface area contributed by atoms with Gasteiger partial charge in [0, 0.05) is 17.0 Å². The maximum absolute atomic E-state index is 12.5. The second-order valence-corrected chi connectivity index (χ2v) is 8.40. The van der Waals surface area contributed by atoms with Gasteiger partial charge in [-0.1, -0.05) is 23.9 Å². The number of para-hydroxylation sites is 2. The number of hydrogen-bond acceptors (Lipinski definition) is 9. The molecule has 4 rings (SSSR count). The number of anilines is 1. The predicted octanol–water partition coefficient (Wildman–Crippen LogP) is 4.15. The molecule has 1 N–H and O–H groups in total. The van der Waals surface area contributed by atoms with Crippen molar-refractivity contribution in [3.8, 4) is 34.2 Å². The van der Waals surface area contributed by atoms with Gasteiger partial charge in [-0.15, -0.1) is 21.5 Å². The Hall–Kier alpha value is -3.57. The van der Waals surface area contributed by atoms with E-state index in [-0.39, 0.29) is 11.7 Å². The molecule has 0 fully saturated rings. The number of nitrogens with one attached hydrogen (secondary N) is 1. The number of aromatic nitrogens is 4. The fourth-order valence-electron chi connectivity index (χ4n) is 3.07. The topological polar surface area (TPSA) is 100 Å². The molecule has 0 aliphatic rings. The van der Waals surface area contributed by atoms with Crippen molar-refractivity contribution in [3.05, 3.63) is 54.2 Å². The summed E-state index contributed by atoms with van der Waals surface area (Å²) in [5, 5.41) is 13.9. The molecule has 170 valence electrons. The highest BCUT2D eigenvalue weighted by Gasteiger charge is 2.15. The van der Waals surface area contributed by atoms with Crippen LogP contribution in [0.5, 0.6) is 17.2 Å². The summed E-state index contributed by atoms with van der Waals surface area (Å²) < 4.78 is 17.9. The summed E-state index contributed by atoms with van der Waals surface area (Å²) in [5.74, 6) is 1.97. The molecule has 11 heteroatoms. The fraction of sp³-hybridized carbons (Fsp3) is 0.182. The number of carbonyl (C=O) groups excluding carboxylic acids is 1. The van der Waals surface area contributed by atoms with Gasteiger partial charge in [-0.25, -0.2) is 4.98 Å². The van der Waals surface area contributed by atoms with Gasteiger partial charge in [0.25, 0.3) is 0 Å². The number of thioether (sulfide) groups is 1. The van der Waals surface area contributed by atoms with E-state index in [4.69, 9.17) is 14.2 Å². The summed E-state index contributed by atoms with van der Waals surface area (Å²) in [5.41, 5.74) is 2.32. The summed E-state index contributed by atoms with van der Waals surface area (Å²) >= 11 is 2.61. The van der Waals surface area contributed by atoms with E-state index in [9.17, 15) is 4.79 Å². The van der Waals surface area contributed by atoms with E-state index in [2.05, 4.69) is 20.5 Å². The van der Waals surface area contributed by atoms with Gasteiger partial charge >= 0.3 is 0 Å². The zero-order valence-electron chi connectivity index (χ0n) is 18.1. The highest BCUT2D eigenvalue weighted by Crippen LogP contribution is 2.35. The van der Waals surface area contributed by atoms with Crippen molar-refractivity contribution in [1.29, 1.82) is 0 Å². The van der Waals surface area contributed by atoms with Crippen molar-refractivity contribution in [2.75, 3.05) is 32.4 Å². The van der Waals surface area contributed by atoms with Crippen molar-refractivity contribution in [2.45, 2.75) is 5.16 Å². The number of thiazole rings is 1. The Labute approximate surface area is 198 Å². The minimum absolute atomic E-state index is 0.147. The number of carbonyl (C=O) groups is 1. The molecule has 4 aromatic rings. The van der Waals surface area contributed by atoms with Crippen molar-refractivity contribution < 1.29 is 19.0 Å². The number of benzene rings is 2. The Morgan fingerprint density at radius 3 is 2.70 bits per heavy atom. The normalized spacial score (nSPS) is 10.6. The Morgan fingerprint density at radius 2 is 1.91 bits per heavy atom. The molecule has 0 saturated heterocycles. The van der Waals surface area contributed by atoms with Crippen LogP contribution in [-0.2, 0) is 4.79 Å². The van der Waals surface area contributed by atoms with E-state index in [1.165, 1.54) is 23.1 Å². The lowest BCUT2D eigenvalue weighted by Gasteiger charge is -2.10. The second-order valence-electron chi connectivity index (χ2n) is 6.60. The van der Waals surface area contributed by atoms with E-state index in [1.54, 1.807) is 38.3 Å². The quantitative estimate of drug-likeness (QED) is 0.355. The van der Waals surface area contributed by atoms with Crippen molar-refractivity contribution in [3.63, 3.8) is 0 Å². The summed E-state index contributed by atoms with van der Waals surface area (Å²) in [7, 11) is 4.80. The summed E-state index contributed by atoms with van der Waals surface area (Å²) in [6.07, 6.45) is 1.59.